The number of H-pyrrole nitrogens is 1. The molecule has 0 spiro atoms. The molecule has 3 N–H and O–H groups in total. The molecule has 2 aromatic heterocycles. The zero-order valence-electron chi connectivity index (χ0n) is 30.5. The Kier molecular flexibility index (Phi) is 17.9. The van der Waals surface area contributed by atoms with Gasteiger partial charge < -0.3 is 38.9 Å². The van der Waals surface area contributed by atoms with Crippen LogP contribution in [0.15, 0.2) is 48.5 Å². The zero-order valence-corrected chi connectivity index (χ0v) is 30.5. The number of hydrogen-bond acceptors (Lipinski definition) is 11. The van der Waals surface area contributed by atoms with Gasteiger partial charge in [0.2, 0.25) is 17.6 Å². The van der Waals surface area contributed by atoms with Crippen LogP contribution < -0.4 is 10.6 Å². The summed E-state index contributed by atoms with van der Waals surface area (Å²) in [5.41, 5.74) is 5.85. The van der Waals surface area contributed by atoms with Gasteiger partial charge >= 0.3 is 0 Å². The number of tetrazole rings is 1. The highest BCUT2D eigenvalue weighted by atomic mass is 16.6. The summed E-state index contributed by atoms with van der Waals surface area (Å²) < 4.78 is 29.0. The van der Waals surface area contributed by atoms with E-state index in [9.17, 15) is 9.59 Å². The second kappa shape index (κ2) is 23.1. The molecule has 2 aromatic carbocycles. The van der Waals surface area contributed by atoms with Crippen LogP contribution in [0.25, 0.3) is 22.5 Å². The SMILES string of the molecule is CCCCc1nc(C)c(CNC(=O)COCC(=O)NCCOCCOCCOCCOCC)n1Cc1ccc(-c2ccccc2-c2nn[nH]n2)cc1. The highest BCUT2D eigenvalue weighted by Crippen LogP contribution is 2.30. The lowest BCUT2D eigenvalue weighted by molar-refractivity contribution is -0.131. The quantitative estimate of drug-likeness (QED) is 0.0812. The summed E-state index contributed by atoms with van der Waals surface area (Å²) in [6.45, 7) is 10.8. The number of aromatic nitrogens is 6. The highest BCUT2D eigenvalue weighted by molar-refractivity contribution is 5.80. The zero-order chi connectivity index (χ0) is 36.8. The molecule has 0 atom stereocenters. The number of aromatic amines is 1. The number of carbonyl (C=O) groups is 2. The van der Waals surface area contributed by atoms with Crippen molar-refractivity contribution in [3.8, 4) is 22.5 Å². The number of benzene rings is 2. The molecule has 0 fully saturated rings. The predicted octanol–water partition coefficient (Wildman–Crippen LogP) is 3.26. The van der Waals surface area contributed by atoms with E-state index in [0.29, 0.717) is 71.8 Å². The summed E-state index contributed by atoms with van der Waals surface area (Å²) >= 11 is 0. The number of imidazole rings is 1. The molecule has 0 aliphatic heterocycles. The van der Waals surface area contributed by atoms with E-state index in [1.165, 1.54) is 0 Å². The number of unbranched alkanes of at least 4 members (excludes halogenated alkanes) is 1. The molecule has 52 heavy (non-hydrogen) atoms. The third kappa shape index (κ3) is 13.5. The summed E-state index contributed by atoms with van der Waals surface area (Å²) in [6, 6.07) is 16.4. The maximum atomic E-state index is 12.7. The Morgan fingerprint density at radius 2 is 1.44 bits per heavy atom. The minimum absolute atomic E-state index is 0.229. The molecule has 4 aromatic rings. The summed E-state index contributed by atoms with van der Waals surface area (Å²) in [7, 11) is 0. The Hall–Kier alpha value is -4.54. The Morgan fingerprint density at radius 1 is 0.788 bits per heavy atom. The van der Waals surface area contributed by atoms with E-state index in [1.54, 1.807) is 0 Å². The van der Waals surface area contributed by atoms with Crippen LogP contribution in [0.5, 0.6) is 0 Å². The number of amides is 2. The first-order valence-electron chi connectivity index (χ1n) is 17.9. The summed E-state index contributed by atoms with van der Waals surface area (Å²) in [4.78, 5) is 29.7. The van der Waals surface area contributed by atoms with Crippen LogP contribution in [-0.4, -0.2) is 115 Å². The smallest absolute Gasteiger partial charge is 0.246 e. The fourth-order valence-electron chi connectivity index (χ4n) is 5.37. The van der Waals surface area contributed by atoms with Gasteiger partial charge in [-0.05, 0) is 42.2 Å². The Labute approximate surface area is 305 Å². The van der Waals surface area contributed by atoms with Gasteiger partial charge in [-0.25, -0.2) is 4.98 Å². The van der Waals surface area contributed by atoms with Crippen molar-refractivity contribution in [3.63, 3.8) is 0 Å². The summed E-state index contributed by atoms with van der Waals surface area (Å²) in [6.07, 6.45) is 2.89. The van der Waals surface area contributed by atoms with Crippen molar-refractivity contribution in [2.45, 2.75) is 53.1 Å². The molecule has 15 heteroatoms. The Morgan fingerprint density at radius 3 is 2.10 bits per heavy atom. The molecule has 15 nitrogen and oxygen atoms in total. The van der Waals surface area contributed by atoms with Gasteiger partial charge in [-0.1, -0.05) is 61.9 Å². The maximum absolute atomic E-state index is 12.7. The van der Waals surface area contributed by atoms with Gasteiger partial charge in [0.15, 0.2) is 0 Å². The van der Waals surface area contributed by atoms with E-state index in [2.05, 4.69) is 67.0 Å². The summed E-state index contributed by atoms with van der Waals surface area (Å²) in [5.74, 6) is 0.886. The van der Waals surface area contributed by atoms with Gasteiger partial charge in [-0.2, -0.15) is 5.21 Å². The first-order chi connectivity index (χ1) is 25.5. The molecule has 0 radical (unpaired) electrons. The van der Waals surface area contributed by atoms with Crippen molar-refractivity contribution in [2.24, 2.45) is 0 Å². The summed E-state index contributed by atoms with van der Waals surface area (Å²) in [5, 5.41) is 20.2. The van der Waals surface area contributed by atoms with E-state index in [-0.39, 0.29) is 31.6 Å². The number of rotatable bonds is 26. The number of aryl methyl sites for hydroxylation is 2. The minimum atomic E-state index is -0.323. The van der Waals surface area contributed by atoms with Crippen molar-refractivity contribution >= 4 is 11.8 Å². The molecule has 2 amide bonds. The van der Waals surface area contributed by atoms with Gasteiger partial charge in [0, 0.05) is 31.7 Å². The van der Waals surface area contributed by atoms with E-state index in [1.807, 2.05) is 38.1 Å². The van der Waals surface area contributed by atoms with Crippen LogP contribution in [0.3, 0.4) is 0 Å². The van der Waals surface area contributed by atoms with Gasteiger partial charge in [0.25, 0.3) is 0 Å². The number of hydrogen-bond donors (Lipinski definition) is 3. The van der Waals surface area contributed by atoms with Crippen molar-refractivity contribution < 1.29 is 33.3 Å². The molecule has 0 bridgehead atoms. The molecular weight excluding hydrogens is 668 g/mol. The number of ether oxygens (including phenoxy) is 5. The molecule has 2 heterocycles. The van der Waals surface area contributed by atoms with Gasteiger partial charge in [-0.15, -0.1) is 10.2 Å². The van der Waals surface area contributed by atoms with E-state index >= 15 is 0 Å². The van der Waals surface area contributed by atoms with Gasteiger partial charge in [0.1, 0.15) is 19.0 Å². The highest BCUT2D eigenvalue weighted by Gasteiger charge is 2.17. The fourth-order valence-corrected chi connectivity index (χ4v) is 5.37. The topological polar surface area (TPSA) is 177 Å². The molecule has 0 unspecified atom stereocenters. The van der Waals surface area contributed by atoms with Gasteiger partial charge in [-0.3, -0.25) is 9.59 Å². The molecule has 282 valence electrons. The van der Waals surface area contributed by atoms with Crippen LogP contribution in [0.1, 0.15) is 49.5 Å². The predicted molar refractivity (Wildman–Crippen MR) is 194 cm³/mol. The Bertz CT molecular complexity index is 1610. The molecule has 0 saturated carbocycles. The molecule has 4 rings (SSSR count). The van der Waals surface area contributed by atoms with E-state index in [0.717, 1.165) is 58.7 Å². The monoisotopic (exact) mass is 720 g/mol. The van der Waals surface area contributed by atoms with Crippen molar-refractivity contribution in [1.82, 2.24) is 40.8 Å². The third-order valence-corrected chi connectivity index (χ3v) is 8.03. The van der Waals surface area contributed by atoms with Crippen LogP contribution in [-0.2, 0) is 52.8 Å². The minimum Gasteiger partial charge on any atom is -0.379 e. The Balaban J connectivity index is 1.18. The second-order valence-electron chi connectivity index (χ2n) is 11.9. The average molecular weight is 721 g/mol. The molecule has 0 saturated heterocycles. The second-order valence-corrected chi connectivity index (χ2v) is 11.9. The first kappa shape index (κ1) is 40.2. The average Bonchev–Trinajstić information content (AvgIpc) is 3.80. The van der Waals surface area contributed by atoms with Crippen LogP contribution in [0, 0.1) is 6.92 Å². The van der Waals surface area contributed by atoms with Gasteiger partial charge in [0.05, 0.1) is 64.2 Å². The lowest BCUT2D eigenvalue weighted by Crippen LogP contribution is -2.33. The maximum Gasteiger partial charge on any atom is 0.246 e. The van der Waals surface area contributed by atoms with Crippen molar-refractivity contribution in [3.05, 3.63) is 71.3 Å². The normalized spacial score (nSPS) is 11.2. The fraction of sp³-hybridized carbons (Fsp3) is 0.514. The molecular formula is C37H52N8O7. The lowest BCUT2D eigenvalue weighted by atomic mass is 9.98. The van der Waals surface area contributed by atoms with Crippen molar-refractivity contribution in [1.29, 1.82) is 0 Å². The van der Waals surface area contributed by atoms with Crippen molar-refractivity contribution in [2.75, 3.05) is 72.6 Å². The van der Waals surface area contributed by atoms with E-state index < -0.39 is 0 Å². The molecule has 0 aliphatic rings. The van der Waals surface area contributed by atoms with Crippen LogP contribution in [0.4, 0.5) is 0 Å². The van der Waals surface area contributed by atoms with Crippen LogP contribution in [0.2, 0.25) is 0 Å². The number of carbonyl (C=O) groups excluding carboxylic acids is 2. The molecule has 0 aliphatic carbocycles. The van der Waals surface area contributed by atoms with Crippen LogP contribution >= 0.6 is 0 Å². The largest absolute Gasteiger partial charge is 0.379 e. The number of nitrogens with zero attached hydrogens (tertiary/aromatic N) is 5. The standard InChI is InChI=1S/C37H52N8O7/c1-4-6-11-34-40-28(3)33(45(34)25-29-12-14-30(15-13-29)31-9-7-8-10-32(31)37-41-43-44-42-37)24-39-36(47)27-52-26-35(46)38-16-17-49-20-21-51-23-22-50-19-18-48-5-2/h7-10,12-15H,4-6,11,16-27H2,1-3H3,(H,38,46)(H,39,47)(H,41,42,43,44). The first-order valence-corrected chi connectivity index (χ1v) is 17.9. The number of nitrogens with one attached hydrogen (secondary N) is 3. The third-order valence-electron chi connectivity index (χ3n) is 8.03. The lowest BCUT2D eigenvalue weighted by Gasteiger charge is -2.14. The van der Waals surface area contributed by atoms with E-state index in [4.69, 9.17) is 28.7 Å².